The Morgan fingerprint density at radius 2 is 1.87 bits per heavy atom. The van der Waals surface area contributed by atoms with Crippen molar-refractivity contribution < 1.29 is 17.9 Å². The number of piperidine rings is 1. The van der Waals surface area contributed by atoms with E-state index in [1.54, 1.807) is 19.1 Å². The maximum atomic E-state index is 13.2. The molecule has 1 fully saturated rings. The number of hydrogen-bond donors (Lipinski definition) is 1. The minimum Gasteiger partial charge on any atom is -0.492 e. The third kappa shape index (κ3) is 5.80. The van der Waals surface area contributed by atoms with E-state index in [2.05, 4.69) is 21.2 Å². The summed E-state index contributed by atoms with van der Waals surface area (Å²) in [4.78, 5) is 12.8. The second-order valence-corrected chi connectivity index (χ2v) is 10.7. The van der Waals surface area contributed by atoms with Crippen molar-refractivity contribution in [3.8, 4) is 5.75 Å². The molecule has 0 aromatic heterocycles. The Hall–Kier alpha value is -1.61. The van der Waals surface area contributed by atoms with Gasteiger partial charge in [0.15, 0.2) is 0 Å². The van der Waals surface area contributed by atoms with E-state index in [1.807, 2.05) is 31.2 Å². The average molecular weight is 530 g/mol. The van der Waals surface area contributed by atoms with Gasteiger partial charge in [-0.2, -0.15) is 4.31 Å². The Balaban J connectivity index is 1.64. The van der Waals surface area contributed by atoms with Crippen molar-refractivity contribution in [3.63, 3.8) is 0 Å². The van der Waals surface area contributed by atoms with Crippen molar-refractivity contribution in [1.29, 1.82) is 0 Å². The molecule has 0 bridgehead atoms. The van der Waals surface area contributed by atoms with Crippen molar-refractivity contribution in [1.82, 2.24) is 9.62 Å². The van der Waals surface area contributed by atoms with Crippen LogP contribution in [0.4, 0.5) is 0 Å². The zero-order chi connectivity index (χ0) is 22.6. The molecule has 0 unspecified atom stereocenters. The van der Waals surface area contributed by atoms with E-state index in [0.717, 1.165) is 10.0 Å². The monoisotopic (exact) mass is 528 g/mol. The summed E-state index contributed by atoms with van der Waals surface area (Å²) in [6.45, 7) is 4.62. The van der Waals surface area contributed by atoms with Crippen LogP contribution in [0.3, 0.4) is 0 Å². The van der Waals surface area contributed by atoms with Crippen LogP contribution in [0.1, 0.15) is 38.3 Å². The third-order valence-corrected chi connectivity index (χ3v) is 8.06. The number of ether oxygens (including phenoxy) is 1. The van der Waals surface area contributed by atoms with Gasteiger partial charge in [0.2, 0.25) is 15.9 Å². The maximum absolute atomic E-state index is 13.2. The zero-order valence-electron chi connectivity index (χ0n) is 17.5. The van der Waals surface area contributed by atoms with Crippen LogP contribution in [0.15, 0.2) is 51.8 Å². The fourth-order valence-corrected chi connectivity index (χ4v) is 5.75. The second-order valence-electron chi connectivity index (χ2n) is 7.48. The fourth-order valence-electron chi connectivity index (χ4n) is 3.62. The molecule has 1 saturated heterocycles. The molecule has 1 aliphatic heterocycles. The Morgan fingerprint density at radius 3 is 2.48 bits per heavy atom. The van der Waals surface area contributed by atoms with Gasteiger partial charge in [-0.15, -0.1) is 0 Å². The predicted molar refractivity (Wildman–Crippen MR) is 125 cm³/mol. The van der Waals surface area contributed by atoms with Gasteiger partial charge in [-0.3, -0.25) is 4.79 Å². The van der Waals surface area contributed by atoms with Crippen molar-refractivity contribution in [2.24, 2.45) is 5.92 Å². The lowest BCUT2D eigenvalue weighted by Gasteiger charge is -2.31. The van der Waals surface area contributed by atoms with Gasteiger partial charge in [-0.05, 0) is 62.6 Å². The summed E-state index contributed by atoms with van der Waals surface area (Å²) in [5.41, 5.74) is 1.01. The first-order chi connectivity index (χ1) is 14.7. The lowest BCUT2D eigenvalue weighted by molar-refractivity contribution is -0.126. The number of sulfonamides is 1. The highest BCUT2D eigenvalue weighted by Crippen LogP contribution is 2.32. The molecule has 2 aromatic rings. The van der Waals surface area contributed by atoms with Crippen molar-refractivity contribution in [2.75, 3.05) is 19.7 Å². The number of benzene rings is 2. The number of amides is 1. The van der Waals surface area contributed by atoms with Gasteiger partial charge in [0.25, 0.3) is 0 Å². The van der Waals surface area contributed by atoms with Crippen LogP contribution in [0, 0.1) is 5.92 Å². The molecule has 6 nitrogen and oxygen atoms in total. The summed E-state index contributed by atoms with van der Waals surface area (Å²) in [6.07, 6.45) is 0.922. The predicted octanol–water partition coefficient (Wildman–Crippen LogP) is 4.78. The molecule has 9 heteroatoms. The van der Waals surface area contributed by atoms with E-state index in [-0.39, 0.29) is 41.6 Å². The summed E-state index contributed by atoms with van der Waals surface area (Å²) in [5.74, 6) is 0.00962. The quantitative estimate of drug-likeness (QED) is 0.560. The molecule has 168 valence electrons. The molecule has 1 N–H and O–H groups in total. The normalized spacial score (nSPS) is 16.6. The van der Waals surface area contributed by atoms with E-state index in [1.165, 1.54) is 10.4 Å². The van der Waals surface area contributed by atoms with Crippen LogP contribution in [0.2, 0.25) is 5.02 Å². The summed E-state index contributed by atoms with van der Waals surface area (Å²) < 4.78 is 34.2. The number of nitrogens with zero attached hydrogens (tertiary/aromatic N) is 1. The van der Waals surface area contributed by atoms with E-state index >= 15 is 0 Å². The molecule has 3 rings (SSSR count). The molecule has 31 heavy (non-hydrogen) atoms. The SMILES string of the molecule is CCOc1ccc(Cl)cc1S(=O)(=O)N1CCC(C(=O)N[C@H](C)c2ccc(Br)cc2)CC1. The number of halogens is 2. The summed E-state index contributed by atoms with van der Waals surface area (Å²) >= 11 is 9.45. The molecule has 0 saturated carbocycles. The standard InChI is InChI=1S/C22H26BrClN2O4S/c1-3-30-20-9-8-19(24)14-21(20)31(28,29)26-12-10-17(11-13-26)22(27)25-15(2)16-4-6-18(23)7-5-16/h4-9,14-15,17H,3,10-13H2,1-2H3,(H,25,27)/t15-/m1/s1. The lowest BCUT2D eigenvalue weighted by Crippen LogP contribution is -2.43. The molecular formula is C22H26BrClN2O4S. The largest absolute Gasteiger partial charge is 0.492 e. The van der Waals surface area contributed by atoms with Gasteiger partial charge in [0.05, 0.1) is 12.6 Å². The van der Waals surface area contributed by atoms with Crippen LogP contribution in [0.25, 0.3) is 0 Å². The summed E-state index contributed by atoms with van der Waals surface area (Å²) in [7, 11) is -3.77. The van der Waals surface area contributed by atoms with Gasteiger partial charge in [-0.25, -0.2) is 8.42 Å². The van der Waals surface area contributed by atoms with Crippen molar-refractivity contribution >= 4 is 43.5 Å². The highest BCUT2D eigenvalue weighted by Gasteiger charge is 2.34. The molecule has 1 heterocycles. The van der Waals surface area contributed by atoms with Gasteiger partial charge in [-0.1, -0.05) is 39.7 Å². The minimum atomic E-state index is -3.77. The highest BCUT2D eigenvalue weighted by molar-refractivity contribution is 9.10. The van der Waals surface area contributed by atoms with Gasteiger partial charge < -0.3 is 10.1 Å². The van der Waals surface area contributed by atoms with Gasteiger partial charge in [0.1, 0.15) is 10.6 Å². The minimum absolute atomic E-state index is 0.0507. The lowest BCUT2D eigenvalue weighted by atomic mass is 9.96. The first-order valence-corrected chi connectivity index (χ1v) is 12.8. The van der Waals surface area contributed by atoms with Crippen LogP contribution in [-0.4, -0.2) is 38.3 Å². The van der Waals surface area contributed by atoms with E-state index < -0.39 is 10.0 Å². The average Bonchev–Trinajstić information content (AvgIpc) is 2.75. The van der Waals surface area contributed by atoms with Crippen LogP contribution < -0.4 is 10.1 Å². The molecule has 0 spiro atoms. The van der Waals surface area contributed by atoms with E-state index in [4.69, 9.17) is 16.3 Å². The number of hydrogen-bond acceptors (Lipinski definition) is 4. The van der Waals surface area contributed by atoms with E-state index in [0.29, 0.717) is 24.5 Å². The first-order valence-electron chi connectivity index (χ1n) is 10.2. The number of carbonyl (C=O) groups excluding carboxylic acids is 1. The smallest absolute Gasteiger partial charge is 0.246 e. The molecule has 1 atom stereocenters. The first kappa shape index (κ1) is 24.0. The maximum Gasteiger partial charge on any atom is 0.246 e. The van der Waals surface area contributed by atoms with Crippen LogP contribution in [0.5, 0.6) is 5.75 Å². The van der Waals surface area contributed by atoms with Gasteiger partial charge >= 0.3 is 0 Å². The summed E-state index contributed by atoms with van der Waals surface area (Å²) in [5, 5.41) is 3.38. The molecular weight excluding hydrogens is 504 g/mol. The number of nitrogens with one attached hydrogen (secondary N) is 1. The van der Waals surface area contributed by atoms with Crippen molar-refractivity contribution in [3.05, 3.63) is 57.5 Å². The Labute approximate surface area is 197 Å². The van der Waals surface area contributed by atoms with E-state index in [9.17, 15) is 13.2 Å². The topological polar surface area (TPSA) is 75.7 Å². The second kappa shape index (κ2) is 10.3. The third-order valence-electron chi connectivity index (χ3n) is 5.38. The van der Waals surface area contributed by atoms with Crippen LogP contribution in [-0.2, 0) is 14.8 Å². The molecule has 1 amide bonds. The molecule has 1 aliphatic rings. The Morgan fingerprint density at radius 1 is 1.23 bits per heavy atom. The number of carbonyl (C=O) groups is 1. The molecule has 2 aromatic carbocycles. The molecule has 0 aliphatic carbocycles. The fraction of sp³-hybridized carbons (Fsp3) is 0.409. The molecule has 0 radical (unpaired) electrons. The van der Waals surface area contributed by atoms with Crippen molar-refractivity contribution in [2.45, 2.75) is 37.6 Å². The highest BCUT2D eigenvalue weighted by atomic mass is 79.9. The van der Waals surface area contributed by atoms with Crippen LogP contribution >= 0.6 is 27.5 Å². The Kier molecular flexibility index (Phi) is 8.02. The summed E-state index contributed by atoms with van der Waals surface area (Å²) in [6, 6.07) is 12.3. The zero-order valence-corrected chi connectivity index (χ0v) is 20.6. The van der Waals surface area contributed by atoms with Gasteiger partial charge in [0, 0.05) is 28.5 Å². The Bertz CT molecular complexity index is 1020. The number of rotatable bonds is 7.